The first-order chi connectivity index (χ1) is 15.5. The lowest BCUT2D eigenvalue weighted by Gasteiger charge is -2.38. The quantitative estimate of drug-likeness (QED) is 0.744. The second-order valence-electron chi connectivity index (χ2n) is 8.42. The van der Waals surface area contributed by atoms with Crippen molar-refractivity contribution < 1.29 is 23.5 Å². The topological polar surface area (TPSA) is 101 Å². The number of nitrogens with one attached hydrogen (secondary N) is 2. The van der Waals surface area contributed by atoms with E-state index in [9.17, 15) is 14.4 Å². The minimum absolute atomic E-state index is 0.108. The van der Waals surface area contributed by atoms with Crippen molar-refractivity contribution in [3.05, 3.63) is 54.0 Å². The predicted octanol–water partition coefficient (Wildman–Crippen LogP) is 2.21. The van der Waals surface area contributed by atoms with E-state index in [1.54, 1.807) is 43.3 Å². The van der Waals surface area contributed by atoms with Crippen LogP contribution in [0, 0.1) is 5.92 Å². The first kappa shape index (κ1) is 21.9. The average Bonchev–Trinajstić information content (AvgIpc) is 3.41. The molecular weight excluding hydrogens is 410 g/mol. The van der Waals surface area contributed by atoms with Gasteiger partial charge in [0.15, 0.2) is 0 Å². The molecule has 170 valence electrons. The van der Waals surface area contributed by atoms with Gasteiger partial charge in [0.05, 0.1) is 25.7 Å². The van der Waals surface area contributed by atoms with Gasteiger partial charge in [-0.3, -0.25) is 14.4 Å². The number of carbonyl (C=O) groups is 3. The fourth-order valence-corrected chi connectivity index (χ4v) is 5.07. The Morgan fingerprint density at radius 3 is 2.69 bits per heavy atom. The van der Waals surface area contributed by atoms with Crippen molar-refractivity contribution in [1.29, 1.82) is 0 Å². The van der Waals surface area contributed by atoms with Gasteiger partial charge in [-0.1, -0.05) is 12.1 Å². The van der Waals surface area contributed by atoms with Crippen molar-refractivity contribution >= 4 is 17.7 Å². The summed E-state index contributed by atoms with van der Waals surface area (Å²) in [6.45, 7) is 0.567. The molecule has 2 aliphatic heterocycles. The zero-order chi connectivity index (χ0) is 22.7. The minimum atomic E-state index is -1.09. The normalized spacial score (nSPS) is 25.3. The minimum Gasteiger partial charge on any atom is -0.497 e. The molecule has 2 saturated heterocycles. The van der Waals surface area contributed by atoms with Crippen molar-refractivity contribution in [2.45, 2.75) is 43.7 Å². The zero-order valence-electron chi connectivity index (χ0n) is 18.4. The third-order valence-corrected chi connectivity index (χ3v) is 6.60. The summed E-state index contributed by atoms with van der Waals surface area (Å²) in [6, 6.07) is 10.1. The number of hydrogen-bond donors (Lipinski definition) is 2. The molecule has 0 radical (unpaired) electrons. The van der Waals surface area contributed by atoms with Gasteiger partial charge in [-0.05, 0) is 55.5 Å². The molecule has 0 saturated carbocycles. The first-order valence-electron chi connectivity index (χ1n) is 11.0. The number of amides is 3. The number of hydrogen-bond acceptors (Lipinski definition) is 5. The summed E-state index contributed by atoms with van der Waals surface area (Å²) >= 11 is 0. The van der Waals surface area contributed by atoms with Crippen LogP contribution in [0.2, 0.25) is 0 Å². The van der Waals surface area contributed by atoms with Gasteiger partial charge in [-0.15, -0.1) is 0 Å². The number of furan rings is 1. The average molecular weight is 440 g/mol. The fourth-order valence-electron chi connectivity index (χ4n) is 5.07. The first-order valence-corrected chi connectivity index (χ1v) is 11.0. The van der Waals surface area contributed by atoms with Crippen LogP contribution in [0.25, 0.3) is 0 Å². The third-order valence-electron chi connectivity index (χ3n) is 6.60. The molecule has 0 aliphatic carbocycles. The Labute approximate surface area is 187 Å². The second kappa shape index (κ2) is 9.06. The van der Waals surface area contributed by atoms with E-state index in [0.29, 0.717) is 24.5 Å². The number of rotatable bonds is 5. The predicted molar refractivity (Wildman–Crippen MR) is 117 cm³/mol. The molecule has 2 aromatic rings. The summed E-state index contributed by atoms with van der Waals surface area (Å²) in [5.74, 6) is 0.0178. The molecule has 1 aromatic carbocycles. The summed E-state index contributed by atoms with van der Waals surface area (Å²) in [7, 11) is 3.16. The van der Waals surface area contributed by atoms with Gasteiger partial charge in [-0.2, -0.15) is 0 Å². The highest BCUT2D eigenvalue weighted by atomic mass is 16.5. The Morgan fingerprint density at radius 1 is 1.25 bits per heavy atom. The summed E-state index contributed by atoms with van der Waals surface area (Å²) in [4.78, 5) is 41.7. The van der Waals surface area contributed by atoms with Crippen LogP contribution in [0.4, 0.5) is 0 Å². The maximum atomic E-state index is 13.8. The van der Waals surface area contributed by atoms with Crippen molar-refractivity contribution in [1.82, 2.24) is 15.5 Å². The van der Waals surface area contributed by atoms with E-state index in [1.165, 1.54) is 6.26 Å². The highest BCUT2D eigenvalue weighted by Crippen LogP contribution is 2.50. The molecule has 2 N–H and O–H groups in total. The Bertz CT molecular complexity index is 972. The number of benzene rings is 1. The van der Waals surface area contributed by atoms with Crippen molar-refractivity contribution in [2.24, 2.45) is 5.92 Å². The lowest BCUT2D eigenvalue weighted by molar-refractivity contribution is -0.147. The van der Waals surface area contributed by atoms with Crippen molar-refractivity contribution in [2.75, 3.05) is 20.7 Å². The van der Waals surface area contributed by atoms with Crippen LogP contribution in [-0.4, -0.2) is 48.9 Å². The van der Waals surface area contributed by atoms with Crippen LogP contribution in [0.3, 0.4) is 0 Å². The second-order valence-corrected chi connectivity index (χ2v) is 8.42. The van der Waals surface area contributed by atoms with Crippen LogP contribution in [0.5, 0.6) is 5.75 Å². The molecule has 1 spiro atoms. The molecule has 2 aliphatic rings. The summed E-state index contributed by atoms with van der Waals surface area (Å²) in [6.07, 6.45) is 4.04. The van der Waals surface area contributed by atoms with E-state index in [1.807, 2.05) is 12.1 Å². The maximum Gasteiger partial charge on any atom is 0.246 e. The standard InChI is InChI=1S/C24H29N3O5/c1-25-22(29)18-15-24(11-3-4-12-26-23(24)30)27(21(18)19-6-5-13-32-19)20(28)14-16-7-9-17(31-2)10-8-16/h5-10,13,18,21H,3-4,11-12,14-15H2,1-2H3,(H,25,29)(H,26,30)/t18-,21+,24-/m0/s1. The van der Waals surface area contributed by atoms with Gasteiger partial charge < -0.3 is 24.7 Å². The molecule has 4 rings (SSSR count). The van der Waals surface area contributed by atoms with Gasteiger partial charge in [0.25, 0.3) is 0 Å². The Balaban J connectivity index is 1.77. The van der Waals surface area contributed by atoms with Crippen LogP contribution >= 0.6 is 0 Å². The van der Waals surface area contributed by atoms with Crippen LogP contribution in [0.1, 0.15) is 43.0 Å². The summed E-state index contributed by atoms with van der Waals surface area (Å²) in [5, 5.41) is 5.68. The molecule has 3 atom stereocenters. The number of ether oxygens (including phenoxy) is 1. The van der Waals surface area contributed by atoms with E-state index >= 15 is 0 Å². The van der Waals surface area contributed by atoms with Gasteiger partial charge in [0.2, 0.25) is 17.7 Å². The zero-order valence-corrected chi connectivity index (χ0v) is 18.4. The monoisotopic (exact) mass is 439 g/mol. The molecule has 1 aromatic heterocycles. The SMILES string of the molecule is CNC(=O)[C@H]1C[C@]2(CCCCNC2=O)N(C(=O)Cc2ccc(OC)cc2)[C@H]1c1ccco1. The Hall–Kier alpha value is -3.29. The van der Waals surface area contributed by atoms with E-state index < -0.39 is 17.5 Å². The summed E-state index contributed by atoms with van der Waals surface area (Å²) < 4.78 is 10.9. The highest BCUT2D eigenvalue weighted by molar-refractivity contribution is 5.95. The largest absolute Gasteiger partial charge is 0.497 e. The molecule has 0 bridgehead atoms. The van der Waals surface area contributed by atoms with Crippen LogP contribution < -0.4 is 15.4 Å². The lowest BCUT2D eigenvalue weighted by atomic mass is 9.85. The van der Waals surface area contributed by atoms with Crippen molar-refractivity contribution in [3.8, 4) is 5.75 Å². The molecule has 3 amide bonds. The molecule has 0 unspecified atom stereocenters. The smallest absolute Gasteiger partial charge is 0.246 e. The highest BCUT2D eigenvalue weighted by Gasteiger charge is 2.60. The van der Waals surface area contributed by atoms with E-state index in [-0.39, 0.29) is 30.6 Å². The van der Waals surface area contributed by atoms with E-state index in [2.05, 4.69) is 10.6 Å². The lowest BCUT2D eigenvalue weighted by Crippen LogP contribution is -2.57. The molecule has 8 nitrogen and oxygen atoms in total. The number of methoxy groups -OCH3 is 1. The molecule has 3 heterocycles. The molecular formula is C24H29N3O5. The van der Waals surface area contributed by atoms with E-state index in [0.717, 1.165) is 18.4 Å². The summed E-state index contributed by atoms with van der Waals surface area (Å²) in [5.41, 5.74) is -0.282. The van der Waals surface area contributed by atoms with Gasteiger partial charge in [-0.25, -0.2) is 0 Å². The van der Waals surface area contributed by atoms with E-state index in [4.69, 9.17) is 9.15 Å². The molecule has 2 fully saturated rings. The number of likely N-dealkylation sites (tertiary alicyclic amines) is 1. The third kappa shape index (κ3) is 3.85. The van der Waals surface area contributed by atoms with Gasteiger partial charge in [0.1, 0.15) is 23.1 Å². The Kier molecular flexibility index (Phi) is 6.21. The molecule has 32 heavy (non-hydrogen) atoms. The number of nitrogens with zero attached hydrogens (tertiary/aromatic N) is 1. The number of carbonyl (C=O) groups excluding carboxylic acids is 3. The van der Waals surface area contributed by atoms with Gasteiger partial charge in [0, 0.05) is 13.6 Å². The fraction of sp³-hybridized carbons (Fsp3) is 0.458. The Morgan fingerprint density at radius 2 is 2.03 bits per heavy atom. The van der Waals surface area contributed by atoms with Crippen LogP contribution in [-0.2, 0) is 20.8 Å². The van der Waals surface area contributed by atoms with Crippen LogP contribution in [0.15, 0.2) is 47.1 Å². The van der Waals surface area contributed by atoms with Gasteiger partial charge >= 0.3 is 0 Å². The molecule has 8 heteroatoms. The maximum absolute atomic E-state index is 13.8. The van der Waals surface area contributed by atoms with Crippen molar-refractivity contribution in [3.63, 3.8) is 0 Å².